The molecule has 10 aromatic rings. The van der Waals surface area contributed by atoms with Gasteiger partial charge in [0.1, 0.15) is 5.58 Å². The first-order chi connectivity index (χ1) is 28.3. The summed E-state index contributed by atoms with van der Waals surface area (Å²) in [6.07, 6.45) is 3.67. The Kier molecular flexibility index (Phi) is 7.71. The molecule has 1 aliphatic carbocycles. The monoisotopic (exact) mass is 728 g/mol. The minimum atomic E-state index is -0.677. The average Bonchev–Trinajstić information content (AvgIpc) is 3.82. The molecule has 0 amide bonds. The SMILES string of the molecule is c1ccc(-c2ccc(N(c3ccc(-c4ccccc4)cc3)c3ccc4c(c3)C(c3ccccc3)(c3cccc5c3oc3cnccc35)c3ccccc3-4)cc2)cc1. The lowest BCUT2D eigenvalue weighted by molar-refractivity contribution is 0.646. The summed E-state index contributed by atoms with van der Waals surface area (Å²) >= 11 is 0. The second kappa shape index (κ2) is 13.4. The van der Waals surface area contributed by atoms with E-state index in [9.17, 15) is 0 Å². The highest BCUT2D eigenvalue weighted by Crippen LogP contribution is 2.58. The molecule has 0 saturated heterocycles. The second-order valence-corrected chi connectivity index (χ2v) is 14.7. The Hall–Kier alpha value is -7.49. The largest absolute Gasteiger partial charge is 0.454 e. The topological polar surface area (TPSA) is 29.3 Å². The fourth-order valence-corrected chi connectivity index (χ4v) is 9.11. The van der Waals surface area contributed by atoms with Crippen LogP contribution in [0.2, 0.25) is 0 Å². The van der Waals surface area contributed by atoms with Gasteiger partial charge >= 0.3 is 0 Å². The smallest absolute Gasteiger partial charge is 0.153 e. The third-order valence-electron chi connectivity index (χ3n) is 11.7. The molecule has 268 valence electrons. The van der Waals surface area contributed by atoms with E-state index in [4.69, 9.17) is 4.42 Å². The van der Waals surface area contributed by atoms with Crippen molar-refractivity contribution in [3.8, 4) is 33.4 Å². The predicted molar refractivity (Wildman–Crippen MR) is 234 cm³/mol. The minimum Gasteiger partial charge on any atom is -0.454 e. The van der Waals surface area contributed by atoms with E-state index in [1.807, 2.05) is 12.4 Å². The molecule has 3 nitrogen and oxygen atoms in total. The van der Waals surface area contributed by atoms with Crippen LogP contribution in [0.5, 0.6) is 0 Å². The van der Waals surface area contributed by atoms with Crippen molar-refractivity contribution in [2.24, 2.45) is 0 Å². The normalized spacial score (nSPS) is 14.4. The molecule has 1 aliphatic rings. The Balaban J connectivity index is 1.16. The number of hydrogen-bond acceptors (Lipinski definition) is 3. The summed E-state index contributed by atoms with van der Waals surface area (Å²) in [4.78, 5) is 6.80. The van der Waals surface area contributed by atoms with E-state index in [0.29, 0.717) is 0 Å². The molecule has 57 heavy (non-hydrogen) atoms. The highest BCUT2D eigenvalue weighted by atomic mass is 16.3. The molecule has 0 radical (unpaired) electrons. The van der Waals surface area contributed by atoms with E-state index < -0.39 is 5.41 Å². The molecule has 0 N–H and O–H groups in total. The van der Waals surface area contributed by atoms with Crippen LogP contribution >= 0.6 is 0 Å². The second-order valence-electron chi connectivity index (χ2n) is 14.7. The standard InChI is InChI=1S/C54H36N2O/c1-4-13-37(14-5-1)39-23-27-42(28-24-39)56(43-29-25-40(26-30-43)38-15-6-2-7-16-38)44-31-32-46-45-19-10-11-21-49(45)54(51(46)35-44,41-17-8-3-9-18-41)50-22-12-20-48-47-33-34-55-36-52(47)57-53(48)50/h1-36H. The number of furan rings is 1. The van der Waals surface area contributed by atoms with Gasteiger partial charge in [0, 0.05) is 39.6 Å². The van der Waals surface area contributed by atoms with Gasteiger partial charge in [-0.2, -0.15) is 0 Å². The van der Waals surface area contributed by atoms with Gasteiger partial charge in [0.2, 0.25) is 0 Å². The number of fused-ring (bicyclic) bond motifs is 6. The number of aromatic nitrogens is 1. The molecular formula is C54H36N2O. The van der Waals surface area contributed by atoms with Gasteiger partial charge in [-0.3, -0.25) is 4.98 Å². The van der Waals surface area contributed by atoms with Crippen molar-refractivity contribution in [3.63, 3.8) is 0 Å². The molecule has 0 bridgehead atoms. The Bertz CT molecular complexity index is 2960. The van der Waals surface area contributed by atoms with Gasteiger partial charge in [-0.15, -0.1) is 0 Å². The van der Waals surface area contributed by atoms with E-state index in [-0.39, 0.29) is 0 Å². The summed E-state index contributed by atoms with van der Waals surface area (Å²) in [6.45, 7) is 0. The van der Waals surface area contributed by atoms with Crippen molar-refractivity contribution in [3.05, 3.63) is 241 Å². The van der Waals surface area contributed by atoms with Gasteiger partial charge in [-0.05, 0) is 92.5 Å². The number of anilines is 3. The van der Waals surface area contributed by atoms with Crippen LogP contribution in [0.25, 0.3) is 55.3 Å². The number of rotatable bonds is 7. The van der Waals surface area contributed by atoms with Crippen molar-refractivity contribution in [2.45, 2.75) is 5.41 Å². The van der Waals surface area contributed by atoms with Gasteiger partial charge in [-0.25, -0.2) is 0 Å². The quantitative estimate of drug-likeness (QED) is 0.164. The number of nitrogens with zero attached hydrogens (tertiary/aromatic N) is 2. The lowest BCUT2D eigenvalue weighted by Crippen LogP contribution is -2.29. The fourth-order valence-electron chi connectivity index (χ4n) is 9.11. The van der Waals surface area contributed by atoms with Crippen molar-refractivity contribution < 1.29 is 4.42 Å². The number of benzene rings is 8. The van der Waals surface area contributed by atoms with E-state index in [2.05, 4.69) is 216 Å². The Morgan fingerprint density at radius 1 is 0.404 bits per heavy atom. The van der Waals surface area contributed by atoms with E-state index in [1.54, 1.807) is 0 Å². The molecule has 0 spiro atoms. The molecule has 1 atom stereocenters. The molecule has 1 unspecified atom stereocenters. The molecule has 3 heteroatoms. The van der Waals surface area contributed by atoms with Gasteiger partial charge in [0.15, 0.2) is 5.58 Å². The van der Waals surface area contributed by atoms with Crippen LogP contribution in [-0.2, 0) is 5.41 Å². The van der Waals surface area contributed by atoms with Crippen LogP contribution in [0.1, 0.15) is 22.3 Å². The Morgan fingerprint density at radius 2 is 0.947 bits per heavy atom. The van der Waals surface area contributed by atoms with Crippen molar-refractivity contribution in [1.82, 2.24) is 4.98 Å². The summed E-state index contributed by atoms with van der Waals surface area (Å²) in [5, 5.41) is 2.15. The zero-order valence-corrected chi connectivity index (χ0v) is 31.1. The average molecular weight is 729 g/mol. The van der Waals surface area contributed by atoms with Crippen LogP contribution in [0.3, 0.4) is 0 Å². The fraction of sp³-hybridized carbons (Fsp3) is 0.0185. The lowest BCUT2D eigenvalue weighted by atomic mass is 9.67. The Morgan fingerprint density at radius 3 is 1.61 bits per heavy atom. The van der Waals surface area contributed by atoms with Crippen molar-refractivity contribution >= 4 is 39.0 Å². The minimum absolute atomic E-state index is 0.677. The first kappa shape index (κ1) is 32.9. The van der Waals surface area contributed by atoms with Crippen LogP contribution in [0.15, 0.2) is 223 Å². The van der Waals surface area contributed by atoms with E-state index in [0.717, 1.165) is 44.6 Å². The van der Waals surface area contributed by atoms with Crippen molar-refractivity contribution in [1.29, 1.82) is 0 Å². The summed E-state index contributed by atoms with van der Waals surface area (Å²) < 4.78 is 6.81. The predicted octanol–water partition coefficient (Wildman–Crippen LogP) is 14.1. The zero-order chi connectivity index (χ0) is 37.8. The van der Waals surface area contributed by atoms with Crippen LogP contribution in [0.4, 0.5) is 17.1 Å². The maximum absolute atomic E-state index is 6.81. The number of hydrogen-bond donors (Lipinski definition) is 0. The van der Waals surface area contributed by atoms with Gasteiger partial charge < -0.3 is 9.32 Å². The highest BCUT2D eigenvalue weighted by Gasteiger charge is 2.48. The molecule has 8 aromatic carbocycles. The van der Waals surface area contributed by atoms with Gasteiger partial charge in [0.25, 0.3) is 0 Å². The molecule has 2 aromatic heterocycles. The first-order valence-electron chi connectivity index (χ1n) is 19.4. The molecule has 0 aliphatic heterocycles. The summed E-state index contributed by atoms with van der Waals surface area (Å²) in [5.41, 5.74) is 16.2. The van der Waals surface area contributed by atoms with E-state index in [1.165, 1.54) is 50.1 Å². The molecule has 0 saturated carbocycles. The summed E-state index contributed by atoms with van der Waals surface area (Å²) in [7, 11) is 0. The maximum atomic E-state index is 6.81. The van der Waals surface area contributed by atoms with Crippen LogP contribution in [0, 0.1) is 0 Å². The van der Waals surface area contributed by atoms with E-state index >= 15 is 0 Å². The Labute approximate surface area is 331 Å². The third kappa shape index (κ3) is 5.24. The van der Waals surface area contributed by atoms with Crippen molar-refractivity contribution in [2.75, 3.05) is 4.90 Å². The summed E-state index contributed by atoms with van der Waals surface area (Å²) in [6, 6.07) is 74.5. The van der Waals surface area contributed by atoms with Gasteiger partial charge in [0.05, 0.1) is 11.6 Å². The first-order valence-corrected chi connectivity index (χ1v) is 19.4. The number of para-hydroxylation sites is 1. The van der Waals surface area contributed by atoms with Gasteiger partial charge in [-0.1, -0.05) is 164 Å². The third-order valence-corrected chi connectivity index (χ3v) is 11.7. The number of pyridine rings is 1. The lowest BCUT2D eigenvalue weighted by Gasteiger charge is -2.35. The highest BCUT2D eigenvalue weighted by molar-refractivity contribution is 6.07. The van der Waals surface area contributed by atoms with Crippen LogP contribution < -0.4 is 4.90 Å². The van der Waals surface area contributed by atoms with Crippen LogP contribution in [-0.4, -0.2) is 4.98 Å². The maximum Gasteiger partial charge on any atom is 0.153 e. The molecule has 0 fully saturated rings. The summed E-state index contributed by atoms with van der Waals surface area (Å²) in [5.74, 6) is 0. The molecule has 2 heterocycles. The molecular weight excluding hydrogens is 693 g/mol. The molecule has 11 rings (SSSR count). The zero-order valence-electron chi connectivity index (χ0n) is 31.1.